The van der Waals surface area contributed by atoms with Crippen LogP contribution in [0.15, 0.2) is 85.0 Å². The van der Waals surface area contributed by atoms with Gasteiger partial charge in [-0.15, -0.1) is 0 Å². The second-order valence-corrected chi connectivity index (χ2v) is 20.3. The molecule has 0 heterocycles. The fourth-order valence-corrected chi connectivity index (χ4v) is 10.7. The summed E-state index contributed by atoms with van der Waals surface area (Å²) in [6.45, 7) is 9.38. The van der Waals surface area contributed by atoms with E-state index in [1.807, 2.05) is 0 Å². The van der Waals surface area contributed by atoms with Gasteiger partial charge < -0.3 is 4.43 Å². The van der Waals surface area contributed by atoms with Crippen LogP contribution in [0.4, 0.5) is 0 Å². The van der Waals surface area contributed by atoms with Crippen LogP contribution in [-0.4, -0.2) is 15.1 Å². The van der Waals surface area contributed by atoms with Crippen molar-refractivity contribution < 1.29 is 4.43 Å². The molecule has 0 aliphatic carbocycles. The number of benzene rings is 2. The molecule has 1 unspecified atom stereocenters. The zero-order chi connectivity index (χ0) is 39.3. The van der Waals surface area contributed by atoms with Crippen molar-refractivity contribution in [3.8, 4) is 0 Å². The topological polar surface area (TPSA) is 9.23 Å². The van der Waals surface area contributed by atoms with Gasteiger partial charge >= 0.3 is 0 Å². The number of rotatable bonds is 37. The fourth-order valence-electron chi connectivity index (χ4n) is 7.97. The lowest BCUT2D eigenvalue weighted by molar-refractivity contribution is 0.0788. The summed E-state index contributed by atoms with van der Waals surface area (Å²) in [6.07, 6.45) is 53.1. The molecule has 2 heteroatoms. The maximum absolute atomic E-state index is 7.09. The molecule has 2 rings (SSSR count). The Morgan fingerprint density at radius 3 is 1.11 bits per heavy atom. The highest BCUT2D eigenvalue weighted by Crippen LogP contribution is 2.28. The zero-order valence-corrected chi connectivity index (χ0v) is 38.2. The van der Waals surface area contributed by atoms with E-state index in [9.17, 15) is 0 Å². The minimum atomic E-state index is -1.72. The van der Waals surface area contributed by atoms with Gasteiger partial charge in [0.2, 0.25) is 9.04 Å². The van der Waals surface area contributed by atoms with Gasteiger partial charge in [-0.3, -0.25) is 0 Å². The Hall–Kier alpha value is -1.90. The highest BCUT2D eigenvalue weighted by Gasteiger charge is 2.30. The SMILES string of the molecule is CCCCCCCCCCC=CCC=CCCCCCCCCCCCCCCCCCCCCCC(O[SiH](c1ccccc1)c1ccccc1)C(C)(C)C. The molecule has 0 aliphatic heterocycles. The quantitative estimate of drug-likeness (QED) is 0.0378. The minimum absolute atomic E-state index is 0.149. The average Bonchev–Trinajstić information content (AvgIpc) is 3.19. The molecule has 0 N–H and O–H groups in total. The molecule has 0 aliphatic rings. The van der Waals surface area contributed by atoms with Crippen molar-refractivity contribution >= 4 is 19.4 Å². The Labute approximate surface area is 345 Å². The van der Waals surface area contributed by atoms with Crippen molar-refractivity contribution in [3.63, 3.8) is 0 Å². The van der Waals surface area contributed by atoms with Crippen LogP contribution in [0, 0.1) is 5.41 Å². The third-order valence-corrected chi connectivity index (χ3v) is 14.2. The first-order valence-corrected chi connectivity index (χ1v) is 25.7. The summed E-state index contributed by atoms with van der Waals surface area (Å²) in [4.78, 5) is 0. The average molecular weight is 771 g/mol. The lowest BCUT2D eigenvalue weighted by Gasteiger charge is -2.34. The van der Waals surface area contributed by atoms with Crippen LogP contribution < -0.4 is 10.4 Å². The van der Waals surface area contributed by atoms with Crippen LogP contribution in [0.1, 0.15) is 227 Å². The van der Waals surface area contributed by atoms with Crippen molar-refractivity contribution in [1.82, 2.24) is 0 Å². The van der Waals surface area contributed by atoms with Gasteiger partial charge in [-0.25, -0.2) is 0 Å². The summed E-state index contributed by atoms with van der Waals surface area (Å²) in [5.41, 5.74) is 0.149. The molecule has 0 aromatic heterocycles. The molecule has 1 nitrogen and oxygen atoms in total. The normalized spacial score (nSPS) is 12.8. The summed E-state index contributed by atoms with van der Waals surface area (Å²) >= 11 is 0. The van der Waals surface area contributed by atoms with Crippen molar-refractivity contribution in [3.05, 3.63) is 85.0 Å². The van der Waals surface area contributed by atoms with Gasteiger partial charge in [0.15, 0.2) is 0 Å². The standard InChI is InChI=1S/C53H90OSi/c1-5-6-7-8-9-10-11-12-13-14-15-16-17-18-19-20-21-22-23-24-25-26-27-28-29-30-31-32-33-34-35-36-37-44-49-52(53(2,3)4)54-55(50-45-40-38-41-46-50)51-47-42-39-43-48-51/h14-15,17-18,38-43,45-48,52,55H,5-13,16,19-37,44,49H2,1-4H3. The van der Waals surface area contributed by atoms with E-state index in [0.717, 1.165) is 6.42 Å². The molecule has 0 fully saturated rings. The highest BCUT2D eigenvalue weighted by atomic mass is 28.3. The van der Waals surface area contributed by atoms with E-state index in [2.05, 4.69) is 113 Å². The number of hydrogen-bond donors (Lipinski definition) is 0. The molecule has 0 saturated carbocycles. The van der Waals surface area contributed by atoms with Gasteiger partial charge in [0.1, 0.15) is 0 Å². The number of unbranched alkanes of at least 4 members (excludes halogenated alkanes) is 27. The Morgan fingerprint density at radius 1 is 0.436 bits per heavy atom. The first kappa shape index (κ1) is 49.2. The molecule has 0 radical (unpaired) electrons. The predicted molar refractivity (Wildman–Crippen MR) is 251 cm³/mol. The lowest BCUT2D eigenvalue weighted by Crippen LogP contribution is -2.49. The van der Waals surface area contributed by atoms with Gasteiger partial charge in [-0.2, -0.15) is 0 Å². The zero-order valence-electron chi connectivity index (χ0n) is 37.1. The molecular weight excluding hydrogens is 681 g/mol. The molecule has 0 saturated heterocycles. The third kappa shape index (κ3) is 28.2. The van der Waals surface area contributed by atoms with E-state index in [0.29, 0.717) is 6.10 Å². The fraction of sp³-hybridized carbons (Fsp3) is 0.698. The predicted octanol–water partition coefficient (Wildman–Crippen LogP) is 16.2. The van der Waals surface area contributed by atoms with Crippen molar-refractivity contribution in [2.75, 3.05) is 0 Å². The number of allylic oxidation sites excluding steroid dienone is 4. The van der Waals surface area contributed by atoms with Crippen molar-refractivity contribution in [2.24, 2.45) is 5.41 Å². The molecule has 55 heavy (non-hydrogen) atoms. The molecule has 312 valence electrons. The smallest absolute Gasteiger partial charge is 0.240 e. The molecule has 1 atom stereocenters. The van der Waals surface area contributed by atoms with Crippen molar-refractivity contribution in [2.45, 2.75) is 233 Å². The first-order valence-electron chi connectivity index (χ1n) is 24.1. The molecule has 0 amide bonds. The Bertz CT molecular complexity index is 1090. The highest BCUT2D eigenvalue weighted by molar-refractivity contribution is 6.80. The van der Waals surface area contributed by atoms with Crippen LogP contribution in [-0.2, 0) is 4.43 Å². The second kappa shape index (κ2) is 35.3. The van der Waals surface area contributed by atoms with E-state index in [1.165, 1.54) is 203 Å². The largest absolute Gasteiger partial charge is 0.407 e. The summed E-state index contributed by atoms with van der Waals surface area (Å²) in [6, 6.07) is 22.0. The maximum atomic E-state index is 7.09. The monoisotopic (exact) mass is 771 g/mol. The second-order valence-electron chi connectivity index (χ2n) is 17.9. The van der Waals surface area contributed by atoms with E-state index in [4.69, 9.17) is 4.43 Å². The maximum Gasteiger partial charge on any atom is 0.240 e. The Balaban J connectivity index is 1.33. The summed E-state index contributed by atoms with van der Waals surface area (Å²) in [5.74, 6) is 0. The summed E-state index contributed by atoms with van der Waals surface area (Å²) in [5, 5.41) is 2.77. The van der Waals surface area contributed by atoms with Gasteiger partial charge in [0.25, 0.3) is 0 Å². The minimum Gasteiger partial charge on any atom is -0.407 e. The number of hydrogen-bond acceptors (Lipinski definition) is 1. The first-order chi connectivity index (χ1) is 27.0. The molecule has 2 aromatic carbocycles. The Morgan fingerprint density at radius 2 is 0.764 bits per heavy atom. The van der Waals surface area contributed by atoms with Crippen LogP contribution in [0.5, 0.6) is 0 Å². The van der Waals surface area contributed by atoms with Crippen LogP contribution in [0.3, 0.4) is 0 Å². The molecule has 0 spiro atoms. The van der Waals surface area contributed by atoms with E-state index in [1.54, 1.807) is 0 Å². The van der Waals surface area contributed by atoms with Crippen LogP contribution in [0.25, 0.3) is 0 Å². The van der Waals surface area contributed by atoms with Crippen molar-refractivity contribution in [1.29, 1.82) is 0 Å². The van der Waals surface area contributed by atoms with E-state index in [-0.39, 0.29) is 5.41 Å². The molecule has 0 bridgehead atoms. The van der Waals surface area contributed by atoms with Crippen LogP contribution >= 0.6 is 0 Å². The van der Waals surface area contributed by atoms with Gasteiger partial charge in [0, 0.05) is 0 Å². The van der Waals surface area contributed by atoms with Gasteiger partial charge in [-0.1, -0.05) is 273 Å². The Kier molecular flexibility index (Phi) is 31.6. The van der Waals surface area contributed by atoms with E-state index >= 15 is 0 Å². The lowest BCUT2D eigenvalue weighted by atomic mass is 9.86. The molecular formula is C53H90OSi. The molecule has 2 aromatic rings. The van der Waals surface area contributed by atoms with Gasteiger partial charge in [0.05, 0.1) is 6.10 Å². The summed E-state index contributed by atoms with van der Waals surface area (Å²) in [7, 11) is -1.72. The summed E-state index contributed by atoms with van der Waals surface area (Å²) < 4.78 is 7.09. The van der Waals surface area contributed by atoms with Crippen LogP contribution in [0.2, 0.25) is 0 Å². The third-order valence-electron chi connectivity index (χ3n) is 11.6. The van der Waals surface area contributed by atoms with Gasteiger partial charge in [-0.05, 0) is 54.3 Å². The van der Waals surface area contributed by atoms with E-state index < -0.39 is 9.04 Å².